The fraction of sp³-hybridized carbons (Fsp3) is 0.571. The van der Waals surface area contributed by atoms with E-state index in [-0.39, 0.29) is 6.04 Å². The van der Waals surface area contributed by atoms with Gasteiger partial charge in [-0.05, 0) is 32.6 Å². The Morgan fingerprint density at radius 3 is 2.47 bits per heavy atom. The highest BCUT2D eigenvalue weighted by molar-refractivity contribution is 6.36. The molecule has 19 heavy (non-hydrogen) atoms. The molecule has 2 rings (SSSR count). The van der Waals surface area contributed by atoms with Crippen molar-refractivity contribution in [2.75, 3.05) is 33.7 Å². The average molecular weight is 302 g/mol. The molecule has 0 bridgehead atoms. The molecule has 0 radical (unpaired) electrons. The zero-order valence-corrected chi connectivity index (χ0v) is 13.0. The Morgan fingerprint density at radius 1 is 1.37 bits per heavy atom. The first-order valence-electron chi connectivity index (χ1n) is 6.59. The molecule has 1 heterocycles. The van der Waals surface area contributed by atoms with Crippen molar-refractivity contribution in [2.45, 2.75) is 18.5 Å². The van der Waals surface area contributed by atoms with Gasteiger partial charge in [0.1, 0.15) is 0 Å². The van der Waals surface area contributed by atoms with Crippen LogP contribution in [-0.4, -0.2) is 49.6 Å². The van der Waals surface area contributed by atoms with Gasteiger partial charge in [0, 0.05) is 41.3 Å². The second-order valence-electron chi connectivity index (χ2n) is 5.29. The Labute approximate surface area is 125 Å². The van der Waals surface area contributed by atoms with Crippen molar-refractivity contribution >= 4 is 23.2 Å². The Balaban J connectivity index is 2.22. The molecular weight excluding hydrogens is 281 g/mol. The molecule has 0 spiro atoms. The van der Waals surface area contributed by atoms with Gasteiger partial charge in [-0.3, -0.25) is 4.90 Å². The highest BCUT2D eigenvalue weighted by atomic mass is 35.5. The van der Waals surface area contributed by atoms with E-state index < -0.39 is 0 Å². The van der Waals surface area contributed by atoms with Gasteiger partial charge in [-0.1, -0.05) is 29.3 Å². The zero-order chi connectivity index (χ0) is 14.0. The summed E-state index contributed by atoms with van der Waals surface area (Å²) < 4.78 is 0. The lowest BCUT2D eigenvalue weighted by atomic mass is 10.1. The maximum atomic E-state index is 6.30. The summed E-state index contributed by atoms with van der Waals surface area (Å²) in [5.74, 6) is 0. The molecule has 2 atom stereocenters. The third-order valence-electron chi connectivity index (χ3n) is 3.92. The summed E-state index contributed by atoms with van der Waals surface area (Å²) in [4.78, 5) is 4.65. The van der Waals surface area contributed by atoms with E-state index in [9.17, 15) is 0 Å². The third-order valence-corrected chi connectivity index (χ3v) is 4.58. The van der Waals surface area contributed by atoms with Crippen molar-refractivity contribution in [3.63, 3.8) is 0 Å². The molecule has 1 aliphatic rings. The highest BCUT2D eigenvalue weighted by Crippen LogP contribution is 2.35. The summed E-state index contributed by atoms with van der Waals surface area (Å²) in [6, 6.07) is 6.31. The first-order chi connectivity index (χ1) is 9.04. The van der Waals surface area contributed by atoms with Gasteiger partial charge in [0.05, 0.1) is 6.04 Å². The Kier molecular flexibility index (Phi) is 5.09. The standard InChI is InChI=1S/C14H21Cl2N3/c1-18(2)10-6-7-19(9-10)13(8-17)14-11(15)4-3-5-12(14)16/h3-5,10,13H,6-9,17H2,1-2H3. The summed E-state index contributed by atoms with van der Waals surface area (Å²) in [7, 11) is 4.24. The number of hydrogen-bond donors (Lipinski definition) is 1. The first kappa shape index (κ1) is 15.1. The van der Waals surface area contributed by atoms with Crippen molar-refractivity contribution < 1.29 is 0 Å². The van der Waals surface area contributed by atoms with Gasteiger partial charge in [0.15, 0.2) is 0 Å². The van der Waals surface area contributed by atoms with Crippen LogP contribution in [0.3, 0.4) is 0 Å². The topological polar surface area (TPSA) is 32.5 Å². The van der Waals surface area contributed by atoms with Crippen molar-refractivity contribution in [1.29, 1.82) is 0 Å². The second kappa shape index (κ2) is 6.42. The number of likely N-dealkylation sites (tertiary alicyclic amines) is 1. The van der Waals surface area contributed by atoms with Gasteiger partial charge in [0.25, 0.3) is 0 Å². The fourth-order valence-corrected chi connectivity index (χ4v) is 3.40. The molecule has 0 saturated carbocycles. The molecular formula is C14H21Cl2N3. The van der Waals surface area contributed by atoms with Crippen LogP contribution < -0.4 is 5.73 Å². The monoisotopic (exact) mass is 301 g/mol. The van der Waals surface area contributed by atoms with Crippen LogP contribution in [0.1, 0.15) is 18.0 Å². The minimum absolute atomic E-state index is 0.103. The Hall–Kier alpha value is -0.320. The maximum Gasteiger partial charge on any atom is 0.0500 e. The van der Waals surface area contributed by atoms with Crippen LogP contribution in [-0.2, 0) is 0 Å². The maximum absolute atomic E-state index is 6.30. The lowest BCUT2D eigenvalue weighted by molar-refractivity contribution is 0.220. The van der Waals surface area contributed by atoms with E-state index in [1.54, 1.807) is 0 Å². The van der Waals surface area contributed by atoms with E-state index in [4.69, 9.17) is 28.9 Å². The van der Waals surface area contributed by atoms with Crippen LogP contribution in [0.2, 0.25) is 10.0 Å². The van der Waals surface area contributed by atoms with Crippen molar-refractivity contribution in [3.8, 4) is 0 Å². The van der Waals surface area contributed by atoms with Crippen molar-refractivity contribution in [2.24, 2.45) is 5.73 Å². The van der Waals surface area contributed by atoms with Gasteiger partial charge in [-0.15, -0.1) is 0 Å². The molecule has 2 N–H and O–H groups in total. The van der Waals surface area contributed by atoms with Crippen LogP contribution in [0, 0.1) is 0 Å². The molecule has 5 heteroatoms. The molecule has 0 amide bonds. The molecule has 2 unspecified atom stereocenters. The number of halogens is 2. The van der Waals surface area contributed by atoms with Crippen LogP contribution in [0.25, 0.3) is 0 Å². The predicted molar refractivity (Wildman–Crippen MR) is 81.9 cm³/mol. The van der Waals surface area contributed by atoms with Gasteiger partial charge >= 0.3 is 0 Å². The zero-order valence-electron chi connectivity index (χ0n) is 11.4. The summed E-state index contributed by atoms with van der Waals surface area (Å²) in [6.45, 7) is 2.58. The fourth-order valence-electron chi connectivity index (χ4n) is 2.75. The minimum Gasteiger partial charge on any atom is -0.329 e. The largest absolute Gasteiger partial charge is 0.329 e. The van der Waals surface area contributed by atoms with Gasteiger partial charge < -0.3 is 10.6 Å². The van der Waals surface area contributed by atoms with E-state index in [0.717, 1.165) is 25.1 Å². The number of nitrogens with zero attached hydrogens (tertiary/aromatic N) is 2. The number of hydrogen-bond acceptors (Lipinski definition) is 3. The molecule has 0 aliphatic carbocycles. The quantitative estimate of drug-likeness (QED) is 0.928. The molecule has 1 saturated heterocycles. The van der Waals surface area contributed by atoms with Gasteiger partial charge in [-0.2, -0.15) is 0 Å². The number of likely N-dealkylation sites (N-methyl/N-ethyl adjacent to an activating group) is 1. The SMILES string of the molecule is CN(C)C1CCN(C(CN)c2c(Cl)cccc2Cl)C1. The van der Waals surface area contributed by atoms with Crippen molar-refractivity contribution in [1.82, 2.24) is 9.80 Å². The highest BCUT2D eigenvalue weighted by Gasteiger charge is 2.31. The van der Waals surface area contributed by atoms with E-state index in [0.29, 0.717) is 22.6 Å². The van der Waals surface area contributed by atoms with Gasteiger partial charge in [-0.25, -0.2) is 0 Å². The Bertz CT molecular complexity index is 416. The number of rotatable bonds is 4. The third kappa shape index (κ3) is 3.23. The van der Waals surface area contributed by atoms with E-state index in [1.807, 2.05) is 18.2 Å². The number of nitrogens with two attached hydrogens (primary N) is 1. The molecule has 1 aromatic carbocycles. The van der Waals surface area contributed by atoms with E-state index >= 15 is 0 Å². The van der Waals surface area contributed by atoms with Gasteiger partial charge in [0.2, 0.25) is 0 Å². The molecule has 0 aromatic heterocycles. The molecule has 106 valence electrons. The molecule has 3 nitrogen and oxygen atoms in total. The Morgan fingerprint density at radius 2 is 2.00 bits per heavy atom. The summed E-state index contributed by atoms with van der Waals surface area (Å²) in [5, 5.41) is 1.41. The lowest BCUT2D eigenvalue weighted by Crippen LogP contribution is -2.36. The minimum atomic E-state index is 0.103. The normalized spacial score (nSPS) is 22.1. The summed E-state index contributed by atoms with van der Waals surface area (Å²) in [5.41, 5.74) is 6.94. The van der Waals surface area contributed by atoms with Crippen LogP contribution in [0.4, 0.5) is 0 Å². The number of benzene rings is 1. The van der Waals surface area contributed by atoms with E-state index in [1.165, 1.54) is 0 Å². The summed E-state index contributed by atoms with van der Waals surface area (Å²) in [6.07, 6.45) is 1.16. The summed E-state index contributed by atoms with van der Waals surface area (Å²) >= 11 is 12.6. The van der Waals surface area contributed by atoms with E-state index in [2.05, 4.69) is 23.9 Å². The molecule has 1 fully saturated rings. The second-order valence-corrected chi connectivity index (χ2v) is 6.10. The van der Waals surface area contributed by atoms with Crippen LogP contribution >= 0.6 is 23.2 Å². The lowest BCUT2D eigenvalue weighted by Gasteiger charge is -2.29. The molecule has 1 aliphatic heterocycles. The predicted octanol–water partition coefficient (Wildman–Crippen LogP) is 2.63. The van der Waals surface area contributed by atoms with Crippen LogP contribution in [0.15, 0.2) is 18.2 Å². The first-order valence-corrected chi connectivity index (χ1v) is 7.34. The molecule has 1 aromatic rings. The smallest absolute Gasteiger partial charge is 0.0500 e. The average Bonchev–Trinajstić information content (AvgIpc) is 2.83. The van der Waals surface area contributed by atoms with Crippen LogP contribution in [0.5, 0.6) is 0 Å². The van der Waals surface area contributed by atoms with Crippen molar-refractivity contribution in [3.05, 3.63) is 33.8 Å².